The molecule has 3 aliphatic heterocycles. The first-order valence-electron chi connectivity index (χ1n) is 14.4. The summed E-state index contributed by atoms with van der Waals surface area (Å²) in [6, 6.07) is 3.11. The van der Waals surface area contributed by atoms with E-state index in [0.29, 0.717) is 16.9 Å². The number of anilines is 2. The number of aromatic nitrogens is 6. The van der Waals surface area contributed by atoms with Crippen molar-refractivity contribution in [2.75, 3.05) is 37.4 Å². The van der Waals surface area contributed by atoms with E-state index in [-0.39, 0.29) is 30.1 Å². The Hall–Kier alpha value is -2.56. The molecule has 0 saturated carbocycles. The van der Waals surface area contributed by atoms with Gasteiger partial charge in [0.1, 0.15) is 54.4 Å². The highest BCUT2D eigenvalue weighted by Gasteiger charge is 2.53. The molecule has 3 aliphatic rings. The van der Waals surface area contributed by atoms with Gasteiger partial charge in [-0.15, -0.1) is 0 Å². The van der Waals surface area contributed by atoms with E-state index in [2.05, 4.69) is 49.7 Å². The second-order valence-electron chi connectivity index (χ2n) is 11.0. The number of nitrogens with two attached hydrogens (primary N) is 1. The fourth-order valence-electron chi connectivity index (χ4n) is 5.87. The van der Waals surface area contributed by atoms with Crippen LogP contribution in [0.25, 0.3) is 22.1 Å². The number of rotatable bonds is 5. The molecule has 7 N–H and O–H groups in total. The van der Waals surface area contributed by atoms with Gasteiger partial charge in [0.05, 0.1) is 30.6 Å². The topological polar surface area (TPSA) is 270 Å². The Morgan fingerprint density at radius 2 is 1.58 bits per heavy atom. The normalized spacial score (nSPS) is 36.0. The number of nitrogens with zero attached hydrogens (tertiary/aromatic N) is 5. The van der Waals surface area contributed by atoms with E-state index >= 15 is 0 Å². The lowest BCUT2D eigenvalue weighted by atomic mass is 10.1. The molecule has 0 amide bonds. The predicted molar refractivity (Wildman–Crippen MR) is 173 cm³/mol. The van der Waals surface area contributed by atoms with E-state index in [4.69, 9.17) is 33.3 Å². The summed E-state index contributed by atoms with van der Waals surface area (Å²) in [6.45, 7) is -9.72. The van der Waals surface area contributed by atoms with Gasteiger partial charge in [-0.25, -0.2) is 19.1 Å². The van der Waals surface area contributed by atoms with E-state index in [1.807, 2.05) is 0 Å². The van der Waals surface area contributed by atoms with Crippen molar-refractivity contribution in [3.63, 3.8) is 0 Å². The summed E-state index contributed by atoms with van der Waals surface area (Å²) < 4.78 is 64.6. The van der Waals surface area contributed by atoms with E-state index in [0.717, 1.165) is 0 Å². The van der Waals surface area contributed by atoms with Crippen LogP contribution in [0.15, 0.2) is 35.6 Å². The quantitative estimate of drug-likeness (QED) is 0.102. The van der Waals surface area contributed by atoms with Gasteiger partial charge in [-0.2, -0.15) is 4.98 Å². The van der Waals surface area contributed by atoms with Crippen molar-refractivity contribution in [3.05, 3.63) is 41.2 Å². The van der Waals surface area contributed by atoms with Crippen LogP contribution in [0.1, 0.15) is 12.5 Å². The minimum absolute atomic E-state index is 0.0733. The number of fused-ring (bicyclic) bond motifs is 5. The van der Waals surface area contributed by atoms with Crippen LogP contribution in [-0.4, -0.2) is 107 Å². The number of aliphatic hydroxyl groups is 3. The largest absolute Gasteiger partial charge is 0.395 e. The molecule has 4 aromatic rings. The van der Waals surface area contributed by atoms with Crippen molar-refractivity contribution >= 4 is 71.9 Å². The molecule has 3 saturated heterocycles. The molecule has 7 heterocycles. The van der Waals surface area contributed by atoms with Gasteiger partial charge >= 0.3 is 13.6 Å². The zero-order valence-corrected chi connectivity index (χ0v) is 28.0. The summed E-state index contributed by atoms with van der Waals surface area (Å²) >= 11 is 8.21. The van der Waals surface area contributed by atoms with Gasteiger partial charge < -0.3 is 45.0 Å². The maximum absolute atomic E-state index is 13.6. The van der Waals surface area contributed by atoms with Crippen LogP contribution in [0.3, 0.4) is 0 Å². The summed E-state index contributed by atoms with van der Waals surface area (Å²) in [4.78, 5) is 27.4. The van der Waals surface area contributed by atoms with Crippen LogP contribution in [0.2, 0.25) is 0 Å². The Bertz CT molecular complexity index is 2000. The van der Waals surface area contributed by atoms with Crippen LogP contribution in [0.4, 0.5) is 11.8 Å². The third kappa shape index (κ3) is 6.30. The Morgan fingerprint density at radius 1 is 0.938 bits per heavy atom. The van der Waals surface area contributed by atoms with Crippen LogP contribution >= 0.6 is 38.1 Å². The van der Waals surface area contributed by atoms with Crippen molar-refractivity contribution in [2.24, 2.45) is 0 Å². The monoisotopic (exact) mass is 748 g/mol. The standard InChI is InChI=1S/C24H30N8O12P2S2/c25-24-29-20-11(21(36)30-24)2-5-32(20)23-17-14(34)12(41-23)7-39-45(37,47)43-16-13(8-40-46(38,48)44-17)42-22(15(16)35)31-4-1-10-18(26-3-6-33)27-9-28-19(10)31/h1-2,4-5,9,12-17,22-23,33-35H,3,6-8H2,(H,37,47)(H,38,48)(H,26,27,28)(H3,25,29,30,36). The molecular formula is C24H30N8O12P2S2. The molecule has 4 aromatic heterocycles. The maximum Gasteiger partial charge on any atom is 0.386 e. The first-order valence-corrected chi connectivity index (χ1v) is 19.8. The van der Waals surface area contributed by atoms with Gasteiger partial charge in [-0.3, -0.25) is 27.9 Å². The summed E-state index contributed by atoms with van der Waals surface area (Å²) in [7, 11) is 0. The van der Waals surface area contributed by atoms with Crippen molar-refractivity contribution in [2.45, 2.75) is 49.1 Å². The van der Waals surface area contributed by atoms with Crippen LogP contribution in [0.5, 0.6) is 0 Å². The van der Waals surface area contributed by atoms with Crippen molar-refractivity contribution < 1.29 is 52.0 Å². The van der Waals surface area contributed by atoms with Gasteiger partial charge in [0.2, 0.25) is 5.95 Å². The van der Waals surface area contributed by atoms with Crippen LogP contribution in [0, 0.1) is 0 Å². The first kappa shape index (κ1) is 33.9. The predicted octanol–water partition coefficient (Wildman–Crippen LogP) is 0.565. The zero-order valence-electron chi connectivity index (χ0n) is 24.5. The Labute approximate surface area is 280 Å². The molecule has 0 spiro atoms. The molecule has 260 valence electrons. The van der Waals surface area contributed by atoms with E-state index in [1.165, 1.54) is 27.7 Å². The number of nitrogens with one attached hydrogen (secondary N) is 2. The van der Waals surface area contributed by atoms with Gasteiger partial charge in [0.25, 0.3) is 5.56 Å². The van der Waals surface area contributed by atoms with Crippen molar-refractivity contribution in [3.8, 4) is 0 Å². The average molecular weight is 749 g/mol. The number of hydrogen-bond donors (Lipinski definition) is 8. The number of thiol groups is 2. The number of aliphatic hydroxyl groups excluding tert-OH is 3. The fraction of sp³-hybridized carbons (Fsp3) is 0.500. The van der Waals surface area contributed by atoms with E-state index in [1.54, 1.807) is 12.3 Å². The molecule has 24 heteroatoms. The van der Waals surface area contributed by atoms with Crippen LogP contribution in [-0.2, 0) is 36.7 Å². The SMILES string of the molecule is Nc1nc2c(ccn2C2OC3COP(=O)(S)OC4C(COP(=O)(S)OC2C3O)OC(n2ccc3c(NCCO)ncnc32)C4O)c(=O)[nH]1. The minimum atomic E-state index is -4.37. The van der Waals surface area contributed by atoms with Crippen molar-refractivity contribution in [1.29, 1.82) is 0 Å². The third-order valence-corrected chi connectivity index (χ3v) is 11.2. The highest BCUT2D eigenvalue weighted by atomic mass is 32.7. The second kappa shape index (κ2) is 13.0. The molecular weight excluding hydrogens is 718 g/mol. The molecule has 2 bridgehead atoms. The third-order valence-electron chi connectivity index (χ3n) is 8.00. The number of H-pyrrole nitrogens is 1. The highest BCUT2D eigenvalue weighted by molar-refractivity contribution is 8.44. The van der Waals surface area contributed by atoms with E-state index < -0.39 is 81.4 Å². The molecule has 0 radical (unpaired) electrons. The lowest BCUT2D eigenvalue weighted by Crippen LogP contribution is -2.35. The number of ether oxygens (including phenoxy) is 2. The smallest absolute Gasteiger partial charge is 0.386 e. The highest BCUT2D eigenvalue weighted by Crippen LogP contribution is 2.60. The lowest BCUT2D eigenvalue weighted by Gasteiger charge is -2.26. The zero-order chi connectivity index (χ0) is 34.0. The van der Waals surface area contributed by atoms with E-state index in [9.17, 15) is 29.2 Å². The number of aromatic amines is 1. The Morgan fingerprint density at radius 3 is 2.31 bits per heavy atom. The molecule has 3 fully saturated rings. The fourth-order valence-corrected chi connectivity index (χ4v) is 8.82. The first-order chi connectivity index (χ1) is 22.9. The van der Waals surface area contributed by atoms with Gasteiger partial charge in [-0.1, -0.05) is 24.5 Å². The maximum atomic E-state index is 13.6. The number of nitrogen functional groups attached to an aromatic ring is 1. The van der Waals surface area contributed by atoms with Crippen molar-refractivity contribution in [1.82, 2.24) is 29.1 Å². The molecule has 10 unspecified atom stereocenters. The number of hydrogen-bond acceptors (Lipinski definition) is 17. The van der Waals surface area contributed by atoms with Gasteiger partial charge in [0, 0.05) is 18.9 Å². The average Bonchev–Trinajstić information content (AvgIpc) is 3.79. The summed E-state index contributed by atoms with van der Waals surface area (Å²) in [5.41, 5.74) is 5.64. The van der Waals surface area contributed by atoms with Crippen LogP contribution < -0.4 is 16.6 Å². The lowest BCUT2D eigenvalue weighted by molar-refractivity contribution is -0.0573. The molecule has 7 rings (SSSR count). The summed E-state index contributed by atoms with van der Waals surface area (Å²) in [5, 5.41) is 35.5. The molecule has 48 heavy (non-hydrogen) atoms. The van der Waals surface area contributed by atoms with Gasteiger partial charge in [0.15, 0.2) is 18.1 Å². The molecule has 20 nitrogen and oxygen atoms in total. The summed E-state index contributed by atoms with van der Waals surface area (Å²) in [5.74, 6) is 0.243. The summed E-state index contributed by atoms with van der Waals surface area (Å²) in [6.07, 6.45) is -6.57. The molecule has 0 aromatic carbocycles. The second-order valence-corrected chi connectivity index (χ2v) is 16.8. The molecule has 0 aliphatic carbocycles. The molecule has 10 atom stereocenters. The Kier molecular flexibility index (Phi) is 9.16. The minimum Gasteiger partial charge on any atom is -0.395 e. The Balaban J connectivity index is 1.19. The van der Waals surface area contributed by atoms with Gasteiger partial charge in [-0.05, 0) is 12.1 Å².